The first-order chi connectivity index (χ1) is 10.2. The Bertz CT molecular complexity index is 571. The van der Waals surface area contributed by atoms with Crippen LogP contribution >= 0.6 is 0 Å². The van der Waals surface area contributed by atoms with E-state index in [4.69, 9.17) is 10.5 Å². The van der Waals surface area contributed by atoms with Gasteiger partial charge in [-0.15, -0.1) is 0 Å². The molecule has 0 bridgehead atoms. The first-order valence-corrected chi connectivity index (χ1v) is 7.40. The van der Waals surface area contributed by atoms with Gasteiger partial charge in [-0.05, 0) is 48.7 Å². The summed E-state index contributed by atoms with van der Waals surface area (Å²) in [6.45, 7) is 3.25. The molecule has 2 N–H and O–H groups in total. The highest BCUT2D eigenvalue weighted by Gasteiger charge is 2.13. The number of hydrogen-bond donors (Lipinski definition) is 1. The third-order valence-electron chi connectivity index (χ3n) is 3.51. The second kappa shape index (κ2) is 7.79. The second-order valence-corrected chi connectivity index (χ2v) is 5.15. The quantitative estimate of drug-likeness (QED) is 0.838. The van der Waals surface area contributed by atoms with Crippen LogP contribution in [0.25, 0.3) is 0 Å². The lowest BCUT2D eigenvalue weighted by Crippen LogP contribution is -2.15. The summed E-state index contributed by atoms with van der Waals surface area (Å²) in [6.07, 6.45) is 1.57. The van der Waals surface area contributed by atoms with Gasteiger partial charge in [-0.25, -0.2) is 4.39 Å². The third kappa shape index (κ3) is 4.30. The lowest BCUT2D eigenvalue weighted by atomic mass is 9.92. The van der Waals surface area contributed by atoms with Crippen LogP contribution in [-0.2, 0) is 6.42 Å². The molecule has 0 spiro atoms. The van der Waals surface area contributed by atoms with E-state index >= 15 is 0 Å². The van der Waals surface area contributed by atoms with Crippen molar-refractivity contribution in [3.63, 3.8) is 0 Å². The summed E-state index contributed by atoms with van der Waals surface area (Å²) in [7, 11) is 0. The molecule has 0 aliphatic rings. The van der Waals surface area contributed by atoms with Crippen molar-refractivity contribution >= 4 is 0 Å². The van der Waals surface area contributed by atoms with Crippen molar-refractivity contribution in [2.45, 2.75) is 25.7 Å². The van der Waals surface area contributed by atoms with Crippen LogP contribution in [0.2, 0.25) is 0 Å². The molecule has 2 rings (SSSR count). The maximum atomic E-state index is 13.8. The monoisotopic (exact) mass is 287 g/mol. The Morgan fingerprint density at radius 3 is 2.67 bits per heavy atom. The van der Waals surface area contributed by atoms with Gasteiger partial charge in [-0.3, -0.25) is 0 Å². The average Bonchev–Trinajstić information content (AvgIpc) is 2.52. The van der Waals surface area contributed by atoms with Crippen LogP contribution in [0.15, 0.2) is 48.5 Å². The van der Waals surface area contributed by atoms with Crippen molar-refractivity contribution in [1.29, 1.82) is 0 Å². The summed E-state index contributed by atoms with van der Waals surface area (Å²) < 4.78 is 19.4. The minimum Gasteiger partial charge on any atom is -0.494 e. The Labute approximate surface area is 125 Å². The summed E-state index contributed by atoms with van der Waals surface area (Å²) in [4.78, 5) is 0. The van der Waals surface area contributed by atoms with Crippen LogP contribution in [0.3, 0.4) is 0 Å². The van der Waals surface area contributed by atoms with Gasteiger partial charge in [0.1, 0.15) is 11.6 Å². The van der Waals surface area contributed by atoms with Gasteiger partial charge < -0.3 is 10.5 Å². The average molecular weight is 287 g/mol. The summed E-state index contributed by atoms with van der Waals surface area (Å²) >= 11 is 0. The number of benzene rings is 2. The van der Waals surface area contributed by atoms with Crippen LogP contribution in [0, 0.1) is 5.82 Å². The summed E-state index contributed by atoms with van der Waals surface area (Å²) in [5.74, 6) is 0.766. The number of hydrogen-bond acceptors (Lipinski definition) is 2. The highest BCUT2D eigenvalue weighted by atomic mass is 19.1. The van der Waals surface area contributed by atoms with Gasteiger partial charge in [-0.2, -0.15) is 0 Å². The number of halogens is 1. The maximum Gasteiger partial charge on any atom is 0.126 e. The maximum absolute atomic E-state index is 13.8. The highest BCUT2D eigenvalue weighted by molar-refractivity contribution is 5.32. The van der Waals surface area contributed by atoms with E-state index < -0.39 is 0 Å². The van der Waals surface area contributed by atoms with Crippen molar-refractivity contribution in [3.05, 3.63) is 65.5 Å². The Hall–Kier alpha value is -1.87. The van der Waals surface area contributed by atoms with Gasteiger partial charge in [0.05, 0.1) is 6.61 Å². The van der Waals surface area contributed by atoms with Gasteiger partial charge in [0, 0.05) is 5.92 Å². The standard InChI is InChI=1S/C18H22FNO/c1-2-10-21-17-8-5-7-14(12-17)16(13-20)11-15-6-3-4-9-18(15)19/h3-9,12,16H,2,10-11,13,20H2,1H3. The normalized spacial score (nSPS) is 12.1. The molecule has 1 atom stereocenters. The van der Waals surface area contributed by atoms with Crippen molar-refractivity contribution in [2.24, 2.45) is 5.73 Å². The molecule has 0 heterocycles. The van der Waals surface area contributed by atoms with Gasteiger partial charge >= 0.3 is 0 Å². The predicted molar refractivity (Wildman–Crippen MR) is 84.1 cm³/mol. The summed E-state index contributed by atoms with van der Waals surface area (Å²) in [6, 6.07) is 14.8. The van der Waals surface area contributed by atoms with Crippen molar-refractivity contribution < 1.29 is 9.13 Å². The Morgan fingerprint density at radius 2 is 1.95 bits per heavy atom. The largest absolute Gasteiger partial charge is 0.494 e. The topological polar surface area (TPSA) is 35.2 Å². The molecule has 0 amide bonds. The first kappa shape index (κ1) is 15.5. The van der Waals surface area contributed by atoms with Gasteiger partial charge in [-0.1, -0.05) is 37.3 Å². The molecular formula is C18H22FNO. The van der Waals surface area contributed by atoms with Crippen molar-refractivity contribution in [2.75, 3.05) is 13.2 Å². The Balaban J connectivity index is 2.15. The Morgan fingerprint density at radius 1 is 1.14 bits per heavy atom. The van der Waals surface area contributed by atoms with E-state index in [9.17, 15) is 4.39 Å². The van der Waals surface area contributed by atoms with E-state index in [-0.39, 0.29) is 11.7 Å². The molecular weight excluding hydrogens is 265 g/mol. The molecule has 21 heavy (non-hydrogen) atoms. The molecule has 0 aromatic heterocycles. The second-order valence-electron chi connectivity index (χ2n) is 5.15. The molecule has 0 fully saturated rings. The van der Waals surface area contributed by atoms with E-state index in [0.29, 0.717) is 25.1 Å². The molecule has 1 unspecified atom stereocenters. The van der Waals surface area contributed by atoms with E-state index in [1.165, 1.54) is 6.07 Å². The summed E-state index contributed by atoms with van der Waals surface area (Å²) in [5.41, 5.74) is 7.68. The van der Waals surface area contributed by atoms with Crippen LogP contribution in [0.1, 0.15) is 30.4 Å². The van der Waals surface area contributed by atoms with Crippen LogP contribution in [0.5, 0.6) is 5.75 Å². The Kier molecular flexibility index (Phi) is 5.76. The molecule has 0 saturated carbocycles. The molecule has 0 aliphatic heterocycles. The van der Waals surface area contributed by atoms with Gasteiger partial charge in [0.15, 0.2) is 0 Å². The predicted octanol–water partition coefficient (Wildman–Crippen LogP) is 3.90. The van der Waals surface area contributed by atoms with Gasteiger partial charge in [0.25, 0.3) is 0 Å². The van der Waals surface area contributed by atoms with E-state index in [1.807, 2.05) is 36.4 Å². The molecule has 0 radical (unpaired) electrons. The van der Waals surface area contributed by atoms with E-state index in [1.54, 1.807) is 6.07 Å². The minimum absolute atomic E-state index is 0.0899. The fourth-order valence-electron chi connectivity index (χ4n) is 2.34. The highest BCUT2D eigenvalue weighted by Crippen LogP contribution is 2.25. The molecule has 2 nitrogen and oxygen atoms in total. The molecule has 0 aliphatic carbocycles. The summed E-state index contributed by atoms with van der Waals surface area (Å²) in [5, 5.41) is 0. The minimum atomic E-state index is -0.172. The first-order valence-electron chi connectivity index (χ1n) is 7.40. The molecule has 3 heteroatoms. The zero-order chi connectivity index (χ0) is 15.1. The lowest BCUT2D eigenvalue weighted by molar-refractivity contribution is 0.317. The van der Waals surface area contributed by atoms with Crippen LogP contribution in [-0.4, -0.2) is 13.2 Å². The molecule has 0 saturated heterocycles. The van der Waals surface area contributed by atoms with Gasteiger partial charge in [0.2, 0.25) is 0 Å². The zero-order valence-electron chi connectivity index (χ0n) is 12.4. The van der Waals surface area contributed by atoms with E-state index in [2.05, 4.69) is 6.92 Å². The molecule has 2 aromatic rings. The van der Waals surface area contributed by atoms with Crippen LogP contribution < -0.4 is 10.5 Å². The van der Waals surface area contributed by atoms with E-state index in [0.717, 1.165) is 17.7 Å². The fourth-order valence-corrected chi connectivity index (χ4v) is 2.34. The fraction of sp³-hybridized carbons (Fsp3) is 0.333. The van der Waals surface area contributed by atoms with Crippen LogP contribution in [0.4, 0.5) is 4.39 Å². The lowest BCUT2D eigenvalue weighted by Gasteiger charge is -2.17. The third-order valence-corrected chi connectivity index (χ3v) is 3.51. The molecule has 112 valence electrons. The number of nitrogens with two attached hydrogens (primary N) is 1. The number of ether oxygens (including phenoxy) is 1. The SMILES string of the molecule is CCCOc1cccc(C(CN)Cc2ccccc2F)c1. The van der Waals surface area contributed by atoms with Crippen molar-refractivity contribution in [3.8, 4) is 5.75 Å². The number of rotatable bonds is 7. The zero-order valence-corrected chi connectivity index (χ0v) is 12.4. The molecule has 2 aromatic carbocycles. The smallest absolute Gasteiger partial charge is 0.126 e. The van der Waals surface area contributed by atoms with Crippen molar-refractivity contribution in [1.82, 2.24) is 0 Å².